The summed E-state index contributed by atoms with van der Waals surface area (Å²) in [5.41, 5.74) is 2.55. The standard InChI is InChI=1S/C18H19N3O4/c1-21-13-7-8-25-16(13)9-14(21)18(24)20-11-17(23)19-10-15(22)12-5-3-2-4-6-12/h2-9,15,22H,10-11H2,1H3,(H,19,23)(H,20,24). The van der Waals surface area contributed by atoms with E-state index in [1.165, 1.54) is 0 Å². The second-order valence-corrected chi connectivity index (χ2v) is 5.67. The van der Waals surface area contributed by atoms with Gasteiger partial charge in [-0.05, 0) is 5.56 Å². The molecule has 25 heavy (non-hydrogen) atoms. The molecule has 2 aromatic heterocycles. The summed E-state index contributed by atoms with van der Waals surface area (Å²) in [4.78, 5) is 24.1. The molecule has 0 saturated carbocycles. The van der Waals surface area contributed by atoms with Crippen LogP contribution in [0.4, 0.5) is 0 Å². The predicted octanol–water partition coefficient (Wildman–Crippen LogP) is 1.35. The molecule has 0 aliphatic heterocycles. The van der Waals surface area contributed by atoms with Crippen LogP contribution in [0.2, 0.25) is 0 Å². The Morgan fingerprint density at radius 1 is 1.20 bits per heavy atom. The summed E-state index contributed by atoms with van der Waals surface area (Å²) in [5, 5.41) is 15.2. The third kappa shape index (κ3) is 3.72. The van der Waals surface area contributed by atoms with E-state index in [2.05, 4.69) is 10.6 Å². The summed E-state index contributed by atoms with van der Waals surface area (Å²) in [7, 11) is 1.75. The Labute approximate surface area is 144 Å². The zero-order valence-corrected chi connectivity index (χ0v) is 13.7. The van der Waals surface area contributed by atoms with Crippen molar-refractivity contribution in [3.63, 3.8) is 0 Å². The van der Waals surface area contributed by atoms with E-state index in [0.29, 0.717) is 11.3 Å². The highest BCUT2D eigenvalue weighted by molar-refractivity contribution is 5.99. The normalized spacial score (nSPS) is 12.1. The minimum absolute atomic E-state index is 0.0792. The molecule has 1 unspecified atom stereocenters. The smallest absolute Gasteiger partial charge is 0.268 e. The highest BCUT2D eigenvalue weighted by Gasteiger charge is 2.16. The molecule has 3 rings (SSSR count). The Morgan fingerprint density at radius 2 is 1.96 bits per heavy atom. The number of furan rings is 1. The number of nitrogens with zero attached hydrogens (tertiary/aromatic N) is 1. The van der Waals surface area contributed by atoms with Gasteiger partial charge in [-0.3, -0.25) is 9.59 Å². The first kappa shape index (κ1) is 16.8. The van der Waals surface area contributed by atoms with Crippen LogP contribution in [0.1, 0.15) is 22.2 Å². The fraction of sp³-hybridized carbons (Fsp3) is 0.222. The number of benzene rings is 1. The van der Waals surface area contributed by atoms with Crippen molar-refractivity contribution in [1.29, 1.82) is 0 Å². The molecule has 3 aromatic rings. The van der Waals surface area contributed by atoms with E-state index in [-0.39, 0.29) is 24.9 Å². The molecule has 0 bridgehead atoms. The average Bonchev–Trinajstić information content (AvgIpc) is 3.21. The Kier molecular flexibility index (Phi) is 4.85. The van der Waals surface area contributed by atoms with Crippen molar-refractivity contribution in [3.05, 3.63) is 60.0 Å². The largest absolute Gasteiger partial charge is 0.463 e. The topological polar surface area (TPSA) is 96.5 Å². The van der Waals surface area contributed by atoms with E-state index >= 15 is 0 Å². The molecule has 0 radical (unpaired) electrons. The first-order valence-corrected chi connectivity index (χ1v) is 7.87. The van der Waals surface area contributed by atoms with E-state index in [0.717, 1.165) is 11.1 Å². The van der Waals surface area contributed by atoms with Crippen LogP contribution < -0.4 is 10.6 Å². The van der Waals surface area contributed by atoms with Crippen molar-refractivity contribution >= 4 is 22.9 Å². The number of aliphatic hydroxyl groups excluding tert-OH is 1. The molecular weight excluding hydrogens is 322 g/mol. The van der Waals surface area contributed by atoms with Gasteiger partial charge >= 0.3 is 0 Å². The van der Waals surface area contributed by atoms with Crippen molar-refractivity contribution in [1.82, 2.24) is 15.2 Å². The number of hydrogen-bond acceptors (Lipinski definition) is 4. The second kappa shape index (κ2) is 7.23. The van der Waals surface area contributed by atoms with Crippen LogP contribution in [-0.2, 0) is 11.8 Å². The Balaban J connectivity index is 1.49. The van der Waals surface area contributed by atoms with Crippen LogP contribution in [0.15, 0.2) is 53.1 Å². The maximum absolute atomic E-state index is 12.2. The molecule has 2 amide bonds. The lowest BCUT2D eigenvalue weighted by molar-refractivity contribution is -0.120. The van der Waals surface area contributed by atoms with Gasteiger partial charge in [-0.25, -0.2) is 0 Å². The minimum Gasteiger partial charge on any atom is -0.463 e. The number of rotatable bonds is 6. The molecule has 7 nitrogen and oxygen atoms in total. The van der Waals surface area contributed by atoms with Crippen LogP contribution in [0.25, 0.3) is 11.1 Å². The summed E-state index contributed by atoms with van der Waals surface area (Å²) in [6.07, 6.45) is 0.762. The first-order chi connectivity index (χ1) is 12.1. The van der Waals surface area contributed by atoms with Gasteiger partial charge in [-0.1, -0.05) is 30.3 Å². The number of fused-ring (bicyclic) bond motifs is 1. The number of aliphatic hydroxyl groups is 1. The minimum atomic E-state index is -0.791. The molecule has 7 heteroatoms. The Bertz CT molecular complexity index is 882. The number of hydrogen-bond donors (Lipinski definition) is 3. The van der Waals surface area contributed by atoms with Crippen LogP contribution in [-0.4, -0.2) is 34.6 Å². The zero-order chi connectivity index (χ0) is 17.8. The number of amides is 2. The van der Waals surface area contributed by atoms with Crippen LogP contribution in [0, 0.1) is 0 Å². The number of carbonyl (C=O) groups excluding carboxylic acids is 2. The van der Waals surface area contributed by atoms with E-state index in [9.17, 15) is 14.7 Å². The van der Waals surface area contributed by atoms with Crippen molar-refractivity contribution < 1.29 is 19.1 Å². The van der Waals surface area contributed by atoms with Crippen LogP contribution >= 0.6 is 0 Å². The van der Waals surface area contributed by atoms with Crippen molar-refractivity contribution in [2.24, 2.45) is 7.05 Å². The fourth-order valence-corrected chi connectivity index (χ4v) is 2.59. The Morgan fingerprint density at radius 3 is 2.68 bits per heavy atom. The molecule has 0 saturated heterocycles. The van der Waals surface area contributed by atoms with Gasteiger partial charge in [0.1, 0.15) is 5.69 Å². The molecule has 0 fully saturated rings. The van der Waals surface area contributed by atoms with Gasteiger partial charge in [0.15, 0.2) is 5.58 Å². The maximum Gasteiger partial charge on any atom is 0.268 e. The van der Waals surface area contributed by atoms with E-state index in [1.54, 1.807) is 42.1 Å². The summed E-state index contributed by atoms with van der Waals surface area (Å²) < 4.78 is 6.95. The number of nitrogens with one attached hydrogen (secondary N) is 2. The zero-order valence-electron chi connectivity index (χ0n) is 13.7. The molecule has 0 aliphatic rings. The molecule has 0 spiro atoms. The highest BCUT2D eigenvalue weighted by atomic mass is 16.3. The van der Waals surface area contributed by atoms with Gasteiger partial charge in [0, 0.05) is 25.7 Å². The van der Waals surface area contributed by atoms with Crippen LogP contribution in [0.5, 0.6) is 0 Å². The van der Waals surface area contributed by atoms with E-state index in [1.807, 2.05) is 18.2 Å². The molecular formula is C18H19N3O4. The number of aromatic nitrogens is 1. The van der Waals surface area contributed by atoms with Gasteiger partial charge in [-0.15, -0.1) is 0 Å². The van der Waals surface area contributed by atoms with Crippen molar-refractivity contribution in [2.75, 3.05) is 13.1 Å². The molecule has 130 valence electrons. The molecule has 1 atom stereocenters. The summed E-state index contributed by atoms with van der Waals surface area (Å²) in [6, 6.07) is 12.4. The summed E-state index contributed by atoms with van der Waals surface area (Å²) >= 11 is 0. The summed E-state index contributed by atoms with van der Waals surface area (Å²) in [6.45, 7) is -0.0946. The van der Waals surface area contributed by atoms with Gasteiger partial charge in [0.25, 0.3) is 5.91 Å². The third-order valence-electron chi connectivity index (χ3n) is 3.98. The number of aryl methyl sites for hydroxylation is 1. The van der Waals surface area contributed by atoms with Gasteiger partial charge in [0.05, 0.1) is 24.4 Å². The average molecular weight is 341 g/mol. The number of carbonyl (C=O) groups is 2. The molecule has 3 N–H and O–H groups in total. The monoisotopic (exact) mass is 341 g/mol. The second-order valence-electron chi connectivity index (χ2n) is 5.67. The lowest BCUT2D eigenvalue weighted by atomic mass is 10.1. The van der Waals surface area contributed by atoms with Crippen molar-refractivity contribution in [3.8, 4) is 0 Å². The van der Waals surface area contributed by atoms with E-state index in [4.69, 9.17) is 4.42 Å². The lowest BCUT2D eigenvalue weighted by Crippen LogP contribution is -2.39. The highest BCUT2D eigenvalue weighted by Crippen LogP contribution is 2.19. The van der Waals surface area contributed by atoms with Crippen molar-refractivity contribution in [2.45, 2.75) is 6.10 Å². The molecule has 0 aliphatic carbocycles. The SMILES string of the molecule is Cn1c(C(=O)NCC(=O)NCC(O)c2ccccc2)cc2occc21. The lowest BCUT2D eigenvalue weighted by Gasteiger charge is -2.12. The fourth-order valence-electron chi connectivity index (χ4n) is 2.59. The summed E-state index contributed by atoms with van der Waals surface area (Å²) in [5.74, 6) is -0.742. The third-order valence-corrected chi connectivity index (χ3v) is 3.98. The Hall–Kier alpha value is -3.06. The predicted molar refractivity (Wildman–Crippen MR) is 91.9 cm³/mol. The van der Waals surface area contributed by atoms with Gasteiger partial charge < -0.3 is 24.7 Å². The quantitative estimate of drug-likeness (QED) is 0.630. The van der Waals surface area contributed by atoms with Gasteiger partial charge in [0.2, 0.25) is 5.91 Å². The molecule has 2 heterocycles. The van der Waals surface area contributed by atoms with E-state index < -0.39 is 6.10 Å². The van der Waals surface area contributed by atoms with Gasteiger partial charge in [-0.2, -0.15) is 0 Å². The molecule has 1 aromatic carbocycles. The first-order valence-electron chi connectivity index (χ1n) is 7.87. The maximum atomic E-state index is 12.2. The van der Waals surface area contributed by atoms with Crippen LogP contribution in [0.3, 0.4) is 0 Å².